The van der Waals surface area contributed by atoms with Crippen LogP contribution >= 0.6 is 0 Å². The summed E-state index contributed by atoms with van der Waals surface area (Å²) < 4.78 is 47.4. The molecule has 0 unspecified atom stereocenters. The van der Waals surface area contributed by atoms with Gasteiger partial charge in [0.2, 0.25) is 0 Å². The molecule has 2 atom stereocenters. The normalized spacial score (nSPS) is 20.2. The molecule has 0 radical (unpaired) electrons. The smallest absolute Gasteiger partial charge is 0.448 e. The quantitative estimate of drug-likeness (QED) is 0.368. The zero-order chi connectivity index (χ0) is 22.0. The Balaban J connectivity index is 1.48. The number of ether oxygens (including phenoxy) is 2. The van der Waals surface area contributed by atoms with Crippen molar-refractivity contribution in [2.75, 3.05) is 19.7 Å². The van der Waals surface area contributed by atoms with E-state index in [9.17, 15) is 18.0 Å². The molecular formula is C21H19F3N4O3. The highest BCUT2D eigenvalue weighted by Gasteiger charge is 2.42. The van der Waals surface area contributed by atoms with E-state index < -0.39 is 24.6 Å². The summed E-state index contributed by atoms with van der Waals surface area (Å²) in [5.41, 5.74) is 12.7. The second kappa shape index (κ2) is 8.49. The first-order valence-corrected chi connectivity index (χ1v) is 9.74. The van der Waals surface area contributed by atoms with Gasteiger partial charge in [-0.25, -0.2) is 4.79 Å². The predicted molar refractivity (Wildman–Crippen MR) is 105 cm³/mol. The summed E-state index contributed by atoms with van der Waals surface area (Å²) in [6.45, 7) is -0.400. The lowest BCUT2D eigenvalue weighted by Gasteiger charge is -2.24. The number of alkyl halides is 3. The molecule has 1 amide bonds. The number of hydrogen-bond donors (Lipinski definition) is 0. The Kier molecular flexibility index (Phi) is 5.75. The lowest BCUT2D eigenvalue weighted by Crippen LogP contribution is -2.38. The molecule has 162 valence electrons. The van der Waals surface area contributed by atoms with Crippen LogP contribution in [0.2, 0.25) is 0 Å². The number of nitrogens with zero attached hydrogens (tertiary/aromatic N) is 4. The first-order valence-electron chi connectivity index (χ1n) is 9.74. The Morgan fingerprint density at radius 3 is 2.32 bits per heavy atom. The van der Waals surface area contributed by atoms with Gasteiger partial charge in [0.25, 0.3) is 0 Å². The van der Waals surface area contributed by atoms with Crippen molar-refractivity contribution >= 4 is 6.09 Å². The molecular weight excluding hydrogens is 413 g/mol. The van der Waals surface area contributed by atoms with E-state index in [2.05, 4.69) is 14.8 Å². The molecule has 1 saturated heterocycles. The summed E-state index contributed by atoms with van der Waals surface area (Å²) >= 11 is 0. The van der Waals surface area contributed by atoms with E-state index in [4.69, 9.17) is 10.3 Å². The van der Waals surface area contributed by atoms with Crippen molar-refractivity contribution in [3.8, 4) is 11.1 Å². The van der Waals surface area contributed by atoms with Gasteiger partial charge in [0.15, 0.2) is 0 Å². The molecule has 0 bridgehead atoms. The van der Waals surface area contributed by atoms with Crippen LogP contribution in [-0.2, 0) is 9.47 Å². The molecule has 0 aromatic heterocycles. The molecule has 2 aliphatic rings. The third kappa shape index (κ3) is 4.45. The number of amides is 1. The summed E-state index contributed by atoms with van der Waals surface area (Å²) in [5, 5.41) is 3.41. The van der Waals surface area contributed by atoms with Crippen molar-refractivity contribution in [3.63, 3.8) is 0 Å². The highest BCUT2D eigenvalue weighted by molar-refractivity contribution is 5.79. The Hall–Kier alpha value is -3.23. The zero-order valence-corrected chi connectivity index (χ0v) is 16.3. The lowest BCUT2D eigenvalue weighted by molar-refractivity contribution is -0.340. The number of hydrogen-bond acceptors (Lipinski definition) is 4. The number of fused-ring (bicyclic) bond motifs is 3. The van der Waals surface area contributed by atoms with Crippen LogP contribution in [0, 0.1) is 0 Å². The standard InChI is InChI=1S/C21H19F3N4O3/c22-21(23,24)31-14-9-13(10-26-27-25)28(11-14)20(29)30-12-19-17-7-3-1-5-15(17)16-6-2-4-8-18(16)19/h1-8,13-14,19H,9-12H2/t13-,14+/m0/s1. The highest BCUT2D eigenvalue weighted by Crippen LogP contribution is 2.44. The van der Waals surface area contributed by atoms with Crippen molar-refractivity contribution in [2.45, 2.75) is 30.8 Å². The average Bonchev–Trinajstić information content (AvgIpc) is 3.28. The van der Waals surface area contributed by atoms with Crippen molar-refractivity contribution in [1.29, 1.82) is 0 Å². The fraction of sp³-hybridized carbons (Fsp3) is 0.381. The van der Waals surface area contributed by atoms with Gasteiger partial charge in [0.05, 0.1) is 12.6 Å². The molecule has 0 saturated carbocycles. The van der Waals surface area contributed by atoms with Crippen molar-refractivity contribution in [2.24, 2.45) is 5.11 Å². The van der Waals surface area contributed by atoms with Crippen LogP contribution in [0.1, 0.15) is 23.5 Å². The maximum atomic E-state index is 12.7. The molecule has 1 heterocycles. The fourth-order valence-electron chi connectivity index (χ4n) is 4.35. The van der Waals surface area contributed by atoms with Crippen LogP contribution in [0.3, 0.4) is 0 Å². The lowest BCUT2D eigenvalue weighted by atomic mass is 9.98. The van der Waals surface area contributed by atoms with Gasteiger partial charge in [0.1, 0.15) is 6.61 Å². The monoisotopic (exact) mass is 432 g/mol. The van der Waals surface area contributed by atoms with Crippen LogP contribution in [0.5, 0.6) is 0 Å². The molecule has 31 heavy (non-hydrogen) atoms. The van der Waals surface area contributed by atoms with Gasteiger partial charge >= 0.3 is 12.5 Å². The van der Waals surface area contributed by atoms with Gasteiger partial charge in [-0.05, 0) is 34.2 Å². The first-order chi connectivity index (χ1) is 14.9. The summed E-state index contributed by atoms with van der Waals surface area (Å²) in [4.78, 5) is 16.5. The van der Waals surface area contributed by atoms with E-state index in [0.29, 0.717) is 0 Å². The summed E-state index contributed by atoms with van der Waals surface area (Å²) in [5.74, 6) is -0.170. The zero-order valence-electron chi connectivity index (χ0n) is 16.3. The topological polar surface area (TPSA) is 87.5 Å². The number of rotatable bonds is 5. The van der Waals surface area contributed by atoms with Crippen LogP contribution in [0.25, 0.3) is 21.6 Å². The Bertz CT molecular complexity index is 977. The SMILES string of the molecule is [N-]=[N+]=NC[C@@H]1C[C@@H](OC(F)(F)F)CN1C(=O)OCC1c2ccccc2-c2ccccc21. The minimum absolute atomic E-state index is 0.0440. The van der Waals surface area contributed by atoms with Gasteiger partial charge in [0, 0.05) is 23.4 Å². The van der Waals surface area contributed by atoms with Crippen molar-refractivity contribution in [3.05, 3.63) is 70.1 Å². The van der Waals surface area contributed by atoms with Crippen molar-refractivity contribution in [1.82, 2.24) is 4.90 Å². The summed E-state index contributed by atoms with van der Waals surface area (Å²) in [7, 11) is 0. The second-order valence-corrected chi connectivity index (χ2v) is 7.44. The molecule has 0 N–H and O–H groups in total. The minimum atomic E-state index is -4.81. The van der Waals surface area contributed by atoms with E-state index >= 15 is 0 Å². The van der Waals surface area contributed by atoms with Crippen molar-refractivity contribution < 1.29 is 27.4 Å². The van der Waals surface area contributed by atoms with E-state index in [1.54, 1.807) is 0 Å². The molecule has 1 aliphatic carbocycles. The van der Waals surface area contributed by atoms with Crippen LogP contribution in [-0.4, -0.2) is 49.2 Å². The van der Waals surface area contributed by atoms with Gasteiger partial charge < -0.3 is 9.64 Å². The number of benzene rings is 2. The second-order valence-electron chi connectivity index (χ2n) is 7.44. The first kappa shape index (κ1) is 21.0. The minimum Gasteiger partial charge on any atom is -0.448 e. The highest BCUT2D eigenvalue weighted by atomic mass is 19.4. The maximum Gasteiger partial charge on any atom is 0.522 e. The van der Waals surface area contributed by atoms with E-state index in [-0.39, 0.29) is 32.0 Å². The number of azide groups is 1. The number of likely N-dealkylation sites (tertiary alicyclic amines) is 1. The molecule has 1 aliphatic heterocycles. The van der Waals surface area contributed by atoms with Crippen LogP contribution in [0.15, 0.2) is 53.6 Å². The molecule has 7 nitrogen and oxygen atoms in total. The molecule has 2 aromatic rings. The third-order valence-electron chi connectivity index (χ3n) is 5.60. The molecule has 2 aromatic carbocycles. The molecule has 1 fully saturated rings. The molecule has 4 rings (SSSR count). The summed E-state index contributed by atoms with van der Waals surface area (Å²) in [6.07, 6.45) is -6.90. The van der Waals surface area contributed by atoms with Crippen LogP contribution < -0.4 is 0 Å². The Morgan fingerprint density at radius 1 is 1.13 bits per heavy atom. The number of halogens is 3. The van der Waals surface area contributed by atoms with Gasteiger partial charge in [-0.2, -0.15) is 0 Å². The van der Waals surface area contributed by atoms with E-state index in [0.717, 1.165) is 27.2 Å². The number of carbonyl (C=O) groups is 1. The predicted octanol–water partition coefficient (Wildman–Crippen LogP) is 5.23. The number of carbonyl (C=O) groups excluding carboxylic acids is 1. The fourth-order valence-corrected chi connectivity index (χ4v) is 4.35. The third-order valence-corrected chi connectivity index (χ3v) is 5.60. The Labute approximate surface area is 176 Å². The molecule has 10 heteroatoms. The Morgan fingerprint density at radius 2 is 1.74 bits per heavy atom. The maximum absolute atomic E-state index is 12.7. The largest absolute Gasteiger partial charge is 0.522 e. The van der Waals surface area contributed by atoms with E-state index in [1.165, 1.54) is 0 Å². The van der Waals surface area contributed by atoms with Gasteiger partial charge in [-0.3, -0.25) is 4.74 Å². The van der Waals surface area contributed by atoms with Gasteiger partial charge in [-0.15, -0.1) is 13.2 Å². The van der Waals surface area contributed by atoms with Gasteiger partial charge in [-0.1, -0.05) is 53.6 Å². The van der Waals surface area contributed by atoms with E-state index in [1.807, 2.05) is 48.5 Å². The van der Waals surface area contributed by atoms with Crippen LogP contribution in [0.4, 0.5) is 18.0 Å². The average molecular weight is 432 g/mol. The molecule has 0 spiro atoms. The summed E-state index contributed by atoms with van der Waals surface area (Å²) in [6, 6.07) is 14.9.